The molecule has 0 atom stereocenters. The summed E-state index contributed by atoms with van der Waals surface area (Å²) < 4.78 is 5.68. The van der Waals surface area contributed by atoms with Gasteiger partial charge in [0.25, 0.3) is 0 Å². The second-order valence-electron chi connectivity index (χ2n) is 5.69. The van der Waals surface area contributed by atoms with Crippen LogP contribution in [-0.2, 0) is 12.8 Å². The molecule has 2 aromatic heterocycles. The largest absolute Gasteiger partial charge is 0.437 e. The van der Waals surface area contributed by atoms with Gasteiger partial charge >= 0.3 is 0 Å². The lowest BCUT2D eigenvalue weighted by atomic mass is 10.2. The molecule has 0 saturated heterocycles. The van der Waals surface area contributed by atoms with E-state index in [1.807, 2.05) is 13.0 Å². The van der Waals surface area contributed by atoms with E-state index in [1.54, 1.807) is 30.5 Å². The van der Waals surface area contributed by atoms with E-state index < -0.39 is 0 Å². The lowest BCUT2D eigenvalue weighted by molar-refractivity contribution is 0.463. The van der Waals surface area contributed by atoms with Crippen molar-refractivity contribution in [2.75, 3.05) is 11.9 Å². The second-order valence-corrected chi connectivity index (χ2v) is 6.92. The van der Waals surface area contributed by atoms with Crippen LogP contribution in [0.5, 0.6) is 11.6 Å². The number of rotatable bonds is 7. The van der Waals surface area contributed by atoms with Crippen molar-refractivity contribution in [2.24, 2.45) is 0 Å². The van der Waals surface area contributed by atoms with E-state index >= 15 is 0 Å². The zero-order chi connectivity index (χ0) is 19.2. The van der Waals surface area contributed by atoms with E-state index in [0.29, 0.717) is 39.1 Å². The smallest absolute Gasteiger partial charge is 0.219 e. The van der Waals surface area contributed by atoms with Crippen LogP contribution in [0.1, 0.15) is 18.2 Å². The number of aryl methyl sites for hydroxylation is 1. The Morgan fingerprint density at radius 3 is 2.59 bits per heavy atom. The molecule has 0 saturated carbocycles. The van der Waals surface area contributed by atoms with Crippen LogP contribution in [0.4, 0.5) is 5.82 Å². The van der Waals surface area contributed by atoms with Crippen molar-refractivity contribution in [3.8, 4) is 11.6 Å². The first kappa shape index (κ1) is 19.7. The van der Waals surface area contributed by atoms with Crippen LogP contribution in [0.15, 0.2) is 42.9 Å². The number of nitrogens with zero attached hydrogens (tertiary/aromatic N) is 3. The number of hydrogen-bond donors (Lipinski definition) is 1. The van der Waals surface area contributed by atoms with Crippen molar-refractivity contribution in [1.29, 1.82) is 0 Å². The van der Waals surface area contributed by atoms with Gasteiger partial charge in [0.2, 0.25) is 5.88 Å². The van der Waals surface area contributed by atoms with E-state index in [9.17, 15) is 0 Å². The highest BCUT2D eigenvalue weighted by molar-refractivity contribution is 6.35. The van der Waals surface area contributed by atoms with Gasteiger partial charge < -0.3 is 10.1 Å². The fourth-order valence-corrected chi connectivity index (χ4v) is 3.14. The maximum Gasteiger partial charge on any atom is 0.219 e. The molecule has 0 unspecified atom stereocenters. The minimum Gasteiger partial charge on any atom is -0.437 e. The molecular formula is C19H17Cl3N4O. The standard InChI is InChI=1S/C19H17Cl3N4O/c1-2-15-18(22)19(26-11-25-15)23-8-7-12-3-6-17(24-10-12)27-16-5-4-13(20)9-14(16)21/h3-6,9-11H,2,7-8H2,1H3,(H,23,25,26). The molecule has 5 nitrogen and oxygen atoms in total. The zero-order valence-corrected chi connectivity index (χ0v) is 16.8. The van der Waals surface area contributed by atoms with Crippen molar-refractivity contribution >= 4 is 40.6 Å². The quantitative estimate of drug-likeness (QED) is 0.517. The highest BCUT2D eigenvalue weighted by atomic mass is 35.5. The number of nitrogens with one attached hydrogen (secondary N) is 1. The Labute approximate surface area is 172 Å². The molecular weight excluding hydrogens is 407 g/mol. The molecule has 0 aliphatic carbocycles. The summed E-state index contributed by atoms with van der Waals surface area (Å²) in [7, 11) is 0. The minimum absolute atomic E-state index is 0.436. The Kier molecular flexibility index (Phi) is 6.72. The van der Waals surface area contributed by atoms with Crippen LogP contribution in [0, 0.1) is 0 Å². The number of aromatic nitrogens is 3. The van der Waals surface area contributed by atoms with Crippen molar-refractivity contribution < 1.29 is 4.74 Å². The molecule has 3 rings (SSSR count). The predicted molar refractivity (Wildman–Crippen MR) is 109 cm³/mol. The average Bonchev–Trinajstić information content (AvgIpc) is 2.67. The number of hydrogen-bond acceptors (Lipinski definition) is 5. The van der Waals surface area contributed by atoms with E-state index in [2.05, 4.69) is 20.3 Å². The summed E-state index contributed by atoms with van der Waals surface area (Å²) in [6, 6.07) is 8.80. The van der Waals surface area contributed by atoms with Gasteiger partial charge in [-0.05, 0) is 36.6 Å². The molecule has 0 spiro atoms. The molecule has 8 heteroatoms. The van der Waals surface area contributed by atoms with Gasteiger partial charge in [0.05, 0.1) is 10.7 Å². The predicted octanol–water partition coefficient (Wildman–Crippen LogP) is 5.84. The first-order valence-corrected chi connectivity index (χ1v) is 9.51. The van der Waals surface area contributed by atoms with Gasteiger partial charge in [0, 0.05) is 23.8 Å². The van der Waals surface area contributed by atoms with Gasteiger partial charge in [-0.15, -0.1) is 0 Å². The van der Waals surface area contributed by atoms with Crippen LogP contribution >= 0.6 is 34.8 Å². The van der Waals surface area contributed by atoms with Gasteiger partial charge in [-0.2, -0.15) is 0 Å². The van der Waals surface area contributed by atoms with E-state index in [4.69, 9.17) is 39.5 Å². The number of halogens is 3. The van der Waals surface area contributed by atoms with E-state index in [-0.39, 0.29) is 0 Å². The second kappa shape index (κ2) is 9.22. The molecule has 0 fully saturated rings. The molecule has 0 amide bonds. The van der Waals surface area contributed by atoms with Gasteiger partial charge in [-0.25, -0.2) is 15.0 Å². The molecule has 1 aromatic carbocycles. The summed E-state index contributed by atoms with van der Waals surface area (Å²) in [5.74, 6) is 1.62. The lowest BCUT2D eigenvalue weighted by Gasteiger charge is -2.10. The van der Waals surface area contributed by atoms with Gasteiger partial charge in [-0.3, -0.25) is 0 Å². The highest BCUT2D eigenvalue weighted by Gasteiger charge is 2.08. The summed E-state index contributed by atoms with van der Waals surface area (Å²) in [4.78, 5) is 12.7. The van der Waals surface area contributed by atoms with Crippen LogP contribution in [-0.4, -0.2) is 21.5 Å². The number of anilines is 1. The van der Waals surface area contributed by atoms with Crippen molar-refractivity contribution in [2.45, 2.75) is 19.8 Å². The molecule has 27 heavy (non-hydrogen) atoms. The Hall–Kier alpha value is -2.08. The zero-order valence-electron chi connectivity index (χ0n) is 14.5. The van der Waals surface area contributed by atoms with E-state index in [0.717, 1.165) is 24.1 Å². The van der Waals surface area contributed by atoms with Gasteiger partial charge in [0.15, 0.2) is 0 Å². The molecule has 0 bridgehead atoms. The van der Waals surface area contributed by atoms with E-state index in [1.165, 1.54) is 6.33 Å². The Morgan fingerprint density at radius 2 is 1.89 bits per heavy atom. The minimum atomic E-state index is 0.436. The van der Waals surface area contributed by atoms with Gasteiger partial charge in [0.1, 0.15) is 22.9 Å². The number of ether oxygens (including phenoxy) is 1. The third kappa shape index (κ3) is 5.22. The third-order valence-corrected chi connectivity index (χ3v) is 4.74. The maximum absolute atomic E-state index is 6.28. The molecule has 3 aromatic rings. The molecule has 1 N–H and O–H groups in total. The monoisotopic (exact) mass is 422 g/mol. The van der Waals surface area contributed by atoms with Crippen LogP contribution in [0.2, 0.25) is 15.1 Å². The number of benzene rings is 1. The Bertz CT molecular complexity index is 919. The van der Waals surface area contributed by atoms with Crippen LogP contribution in [0.3, 0.4) is 0 Å². The third-order valence-electron chi connectivity index (χ3n) is 3.81. The van der Waals surface area contributed by atoms with Crippen LogP contribution in [0.25, 0.3) is 0 Å². The summed E-state index contributed by atoms with van der Waals surface area (Å²) in [5, 5.41) is 4.79. The van der Waals surface area contributed by atoms with Crippen molar-refractivity contribution in [3.63, 3.8) is 0 Å². The summed E-state index contributed by atoms with van der Waals surface area (Å²) in [6.07, 6.45) is 4.80. The Morgan fingerprint density at radius 1 is 1.04 bits per heavy atom. The fourth-order valence-electron chi connectivity index (χ4n) is 2.39. The molecule has 0 radical (unpaired) electrons. The summed E-state index contributed by atoms with van der Waals surface area (Å²) >= 11 is 18.3. The van der Waals surface area contributed by atoms with Crippen molar-refractivity contribution in [1.82, 2.24) is 15.0 Å². The maximum atomic E-state index is 6.28. The Balaban J connectivity index is 1.56. The molecule has 2 heterocycles. The highest BCUT2D eigenvalue weighted by Crippen LogP contribution is 2.30. The topological polar surface area (TPSA) is 59.9 Å². The molecule has 0 aliphatic rings. The lowest BCUT2D eigenvalue weighted by Crippen LogP contribution is -2.08. The van der Waals surface area contributed by atoms with Crippen LogP contribution < -0.4 is 10.1 Å². The number of pyridine rings is 1. The molecule has 0 aliphatic heterocycles. The normalized spacial score (nSPS) is 10.7. The average molecular weight is 424 g/mol. The SMILES string of the molecule is CCc1ncnc(NCCc2ccc(Oc3ccc(Cl)cc3Cl)nc2)c1Cl. The molecule has 140 valence electrons. The first-order valence-electron chi connectivity index (χ1n) is 8.38. The van der Waals surface area contributed by atoms with Gasteiger partial charge in [-0.1, -0.05) is 47.8 Å². The fraction of sp³-hybridized carbons (Fsp3) is 0.211. The summed E-state index contributed by atoms with van der Waals surface area (Å²) in [6.45, 7) is 2.68. The first-order chi connectivity index (χ1) is 13.1. The van der Waals surface area contributed by atoms with Crippen molar-refractivity contribution in [3.05, 3.63) is 69.2 Å². The summed E-state index contributed by atoms with van der Waals surface area (Å²) in [5.41, 5.74) is 1.89.